The second-order valence-electron chi connectivity index (χ2n) is 6.10. The van der Waals surface area contributed by atoms with Gasteiger partial charge in [0.05, 0.1) is 6.54 Å². The standard InChI is InChI=1S/C19H15ClFN3O2/c20-14-7-4-8-15(21)13(14)11-24-16(9-10-17(24)25)19-22-18(23-26-19)12-5-2-1-3-6-12/h1-8,16H,9-11H2. The van der Waals surface area contributed by atoms with Crippen molar-refractivity contribution in [1.29, 1.82) is 0 Å². The first-order valence-electron chi connectivity index (χ1n) is 8.25. The van der Waals surface area contributed by atoms with Gasteiger partial charge in [-0.15, -0.1) is 0 Å². The van der Waals surface area contributed by atoms with E-state index in [9.17, 15) is 9.18 Å². The van der Waals surface area contributed by atoms with E-state index in [1.165, 1.54) is 12.1 Å². The summed E-state index contributed by atoms with van der Waals surface area (Å²) in [6, 6.07) is 13.5. The van der Waals surface area contributed by atoms with E-state index in [1.54, 1.807) is 11.0 Å². The number of likely N-dealkylation sites (tertiary alicyclic amines) is 1. The summed E-state index contributed by atoms with van der Waals surface area (Å²) in [6.07, 6.45) is 0.890. The van der Waals surface area contributed by atoms with E-state index in [0.29, 0.717) is 29.6 Å². The lowest BCUT2D eigenvalue weighted by atomic mass is 10.1. The number of rotatable bonds is 4. The molecule has 2 heterocycles. The van der Waals surface area contributed by atoms with Crippen molar-refractivity contribution < 1.29 is 13.7 Å². The minimum atomic E-state index is -0.438. The number of nitrogens with zero attached hydrogens (tertiary/aromatic N) is 3. The van der Waals surface area contributed by atoms with Gasteiger partial charge in [-0.3, -0.25) is 4.79 Å². The maximum absolute atomic E-state index is 14.1. The molecule has 4 rings (SSSR count). The quantitative estimate of drug-likeness (QED) is 0.682. The first-order chi connectivity index (χ1) is 12.6. The Morgan fingerprint density at radius 2 is 2.00 bits per heavy atom. The van der Waals surface area contributed by atoms with Crippen LogP contribution in [0.25, 0.3) is 11.4 Å². The van der Waals surface area contributed by atoms with Crippen LogP contribution in [-0.2, 0) is 11.3 Å². The van der Waals surface area contributed by atoms with Gasteiger partial charge in [0.15, 0.2) is 0 Å². The number of halogens is 2. The number of hydrogen-bond donors (Lipinski definition) is 0. The summed E-state index contributed by atoms with van der Waals surface area (Å²) >= 11 is 6.10. The molecule has 0 aliphatic carbocycles. The Bertz CT molecular complexity index is 925. The third-order valence-electron chi connectivity index (χ3n) is 4.48. The molecule has 0 radical (unpaired) electrons. The molecule has 1 fully saturated rings. The van der Waals surface area contributed by atoms with E-state index in [0.717, 1.165) is 5.56 Å². The minimum Gasteiger partial charge on any atom is -0.337 e. The Balaban J connectivity index is 1.62. The molecular formula is C19H15ClFN3O2. The molecule has 132 valence electrons. The second kappa shape index (κ2) is 6.88. The first kappa shape index (κ1) is 16.7. The summed E-state index contributed by atoms with van der Waals surface area (Å²) in [7, 11) is 0. The van der Waals surface area contributed by atoms with Crippen LogP contribution in [0.2, 0.25) is 5.02 Å². The summed E-state index contributed by atoms with van der Waals surface area (Å²) in [4.78, 5) is 18.3. The van der Waals surface area contributed by atoms with Crippen LogP contribution in [0.4, 0.5) is 4.39 Å². The molecule has 1 unspecified atom stereocenters. The molecule has 1 aliphatic rings. The van der Waals surface area contributed by atoms with Gasteiger partial charge in [-0.25, -0.2) is 4.39 Å². The summed E-state index contributed by atoms with van der Waals surface area (Å²) in [5.74, 6) is 0.284. The van der Waals surface area contributed by atoms with Crippen LogP contribution >= 0.6 is 11.6 Å². The van der Waals surface area contributed by atoms with Crippen LogP contribution in [0.5, 0.6) is 0 Å². The highest BCUT2D eigenvalue weighted by molar-refractivity contribution is 6.31. The smallest absolute Gasteiger partial charge is 0.249 e. The van der Waals surface area contributed by atoms with Crippen molar-refractivity contribution in [1.82, 2.24) is 15.0 Å². The second-order valence-corrected chi connectivity index (χ2v) is 6.51. The van der Waals surface area contributed by atoms with Crippen LogP contribution in [0.15, 0.2) is 53.1 Å². The first-order valence-corrected chi connectivity index (χ1v) is 8.62. The summed E-state index contributed by atoms with van der Waals surface area (Å²) in [5, 5.41) is 4.30. The number of carbonyl (C=O) groups excluding carboxylic acids is 1. The lowest BCUT2D eigenvalue weighted by Gasteiger charge is -2.22. The number of aromatic nitrogens is 2. The Morgan fingerprint density at radius 3 is 2.77 bits per heavy atom. The molecule has 1 saturated heterocycles. The molecule has 1 atom stereocenters. The Kier molecular flexibility index (Phi) is 4.42. The van der Waals surface area contributed by atoms with Crippen molar-refractivity contribution in [3.05, 3.63) is 70.8 Å². The SMILES string of the molecule is O=C1CCC(c2nc(-c3ccccc3)no2)N1Cc1c(F)cccc1Cl. The molecule has 0 bridgehead atoms. The van der Waals surface area contributed by atoms with Crippen molar-refractivity contribution in [2.75, 3.05) is 0 Å². The van der Waals surface area contributed by atoms with Crippen molar-refractivity contribution in [3.63, 3.8) is 0 Å². The Labute approximate surface area is 154 Å². The predicted molar refractivity (Wildman–Crippen MR) is 93.7 cm³/mol. The number of carbonyl (C=O) groups is 1. The Hall–Kier alpha value is -2.73. The number of benzene rings is 2. The van der Waals surface area contributed by atoms with Crippen LogP contribution in [0.1, 0.15) is 30.3 Å². The van der Waals surface area contributed by atoms with Crippen LogP contribution in [0, 0.1) is 5.82 Å². The minimum absolute atomic E-state index is 0.0675. The van der Waals surface area contributed by atoms with Crippen molar-refractivity contribution in [2.45, 2.75) is 25.4 Å². The highest BCUT2D eigenvalue weighted by atomic mass is 35.5. The predicted octanol–water partition coefficient (Wildman–Crippen LogP) is 4.39. The van der Waals surface area contributed by atoms with Crippen LogP contribution < -0.4 is 0 Å². The summed E-state index contributed by atoms with van der Waals surface area (Å²) in [6.45, 7) is 0.0675. The van der Waals surface area contributed by atoms with Gasteiger partial charge in [-0.05, 0) is 18.6 Å². The molecule has 1 amide bonds. The lowest BCUT2D eigenvalue weighted by Crippen LogP contribution is -2.28. The van der Waals surface area contributed by atoms with Crippen molar-refractivity contribution >= 4 is 17.5 Å². The zero-order valence-electron chi connectivity index (χ0n) is 13.7. The van der Waals surface area contributed by atoms with Crippen molar-refractivity contribution in [2.24, 2.45) is 0 Å². The molecule has 7 heteroatoms. The molecule has 26 heavy (non-hydrogen) atoms. The number of amides is 1. The van der Waals surface area contributed by atoms with Crippen LogP contribution in [-0.4, -0.2) is 20.9 Å². The molecule has 5 nitrogen and oxygen atoms in total. The topological polar surface area (TPSA) is 59.2 Å². The molecular weight excluding hydrogens is 357 g/mol. The number of hydrogen-bond acceptors (Lipinski definition) is 4. The zero-order valence-corrected chi connectivity index (χ0v) is 14.5. The summed E-state index contributed by atoms with van der Waals surface area (Å²) in [5.41, 5.74) is 1.12. The zero-order chi connectivity index (χ0) is 18.1. The van der Waals surface area contributed by atoms with Gasteiger partial charge >= 0.3 is 0 Å². The lowest BCUT2D eigenvalue weighted by molar-refractivity contribution is -0.130. The van der Waals surface area contributed by atoms with Gasteiger partial charge in [0, 0.05) is 22.6 Å². The molecule has 0 spiro atoms. The van der Waals surface area contributed by atoms with E-state index in [-0.39, 0.29) is 24.1 Å². The largest absolute Gasteiger partial charge is 0.337 e. The molecule has 1 aliphatic heterocycles. The van der Waals surface area contributed by atoms with Gasteiger partial charge in [-0.1, -0.05) is 53.2 Å². The normalized spacial score (nSPS) is 17.1. The Morgan fingerprint density at radius 1 is 1.19 bits per heavy atom. The third-order valence-corrected chi connectivity index (χ3v) is 4.83. The molecule has 0 N–H and O–H groups in total. The van der Waals surface area contributed by atoms with Crippen molar-refractivity contribution in [3.8, 4) is 11.4 Å². The highest BCUT2D eigenvalue weighted by Gasteiger charge is 2.36. The average molecular weight is 372 g/mol. The van der Waals surface area contributed by atoms with Gasteiger partial charge in [0.1, 0.15) is 11.9 Å². The third kappa shape index (κ3) is 3.08. The van der Waals surface area contributed by atoms with Gasteiger partial charge in [0.2, 0.25) is 17.6 Å². The molecule has 0 saturated carbocycles. The van der Waals surface area contributed by atoms with Gasteiger partial charge in [-0.2, -0.15) is 4.98 Å². The molecule has 1 aromatic heterocycles. The fourth-order valence-electron chi connectivity index (χ4n) is 3.12. The van der Waals surface area contributed by atoms with Gasteiger partial charge < -0.3 is 9.42 Å². The maximum atomic E-state index is 14.1. The highest BCUT2D eigenvalue weighted by Crippen LogP contribution is 2.35. The van der Waals surface area contributed by atoms with Gasteiger partial charge in [0.25, 0.3) is 0 Å². The van der Waals surface area contributed by atoms with E-state index in [4.69, 9.17) is 16.1 Å². The summed E-state index contributed by atoms with van der Waals surface area (Å²) < 4.78 is 19.5. The average Bonchev–Trinajstić information content (AvgIpc) is 3.26. The van der Waals surface area contributed by atoms with E-state index >= 15 is 0 Å². The van der Waals surface area contributed by atoms with E-state index < -0.39 is 5.82 Å². The van der Waals surface area contributed by atoms with Crippen LogP contribution in [0.3, 0.4) is 0 Å². The van der Waals surface area contributed by atoms with E-state index in [1.807, 2.05) is 30.3 Å². The van der Waals surface area contributed by atoms with E-state index in [2.05, 4.69) is 10.1 Å². The molecule has 3 aromatic rings. The monoisotopic (exact) mass is 371 g/mol. The molecule has 2 aromatic carbocycles. The fraction of sp³-hybridized carbons (Fsp3) is 0.211. The fourth-order valence-corrected chi connectivity index (χ4v) is 3.34. The maximum Gasteiger partial charge on any atom is 0.249 e.